The zero-order valence-electron chi connectivity index (χ0n) is 15.8. The first-order valence-corrected chi connectivity index (χ1v) is 9.13. The number of ether oxygens (including phenoxy) is 4. The predicted molar refractivity (Wildman–Crippen MR) is 106 cm³/mol. The number of esters is 1. The number of nitrogens with zero attached hydrogens (tertiary/aromatic N) is 1. The lowest BCUT2D eigenvalue weighted by Crippen LogP contribution is -2.29. The average Bonchev–Trinajstić information content (AvgIpc) is 2.73. The minimum absolute atomic E-state index is 0.145. The van der Waals surface area contributed by atoms with Gasteiger partial charge in [0.1, 0.15) is 13.2 Å². The van der Waals surface area contributed by atoms with Gasteiger partial charge < -0.3 is 24.3 Å². The van der Waals surface area contributed by atoms with Crippen LogP contribution >= 0.6 is 11.6 Å². The summed E-state index contributed by atoms with van der Waals surface area (Å²) < 4.78 is 21.5. The number of carbonyl (C=O) groups excluding carboxylic acids is 2. The molecule has 1 aromatic heterocycles. The molecule has 1 aromatic carbocycles. The van der Waals surface area contributed by atoms with Gasteiger partial charge in [0.05, 0.1) is 12.8 Å². The smallest absolute Gasteiger partial charge is 0.331 e. The second-order valence-corrected chi connectivity index (χ2v) is 6.35. The van der Waals surface area contributed by atoms with Crippen LogP contribution in [0.25, 0.3) is 6.08 Å². The molecular formula is C20H19ClN2O6. The number of anilines is 1. The van der Waals surface area contributed by atoms with Crippen LogP contribution in [0.5, 0.6) is 17.2 Å². The van der Waals surface area contributed by atoms with E-state index >= 15 is 0 Å². The lowest BCUT2D eigenvalue weighted by atomic mass is 10.1. The van der Waals surface area contributed by atoms with Gasteiger partial charge in [-0.25, -0.2) is 9.78 Å². The van der Waals surface area contributed by atoms with Crippen LogP contribution in [-0.2, 0) is 14.3 Å². The molecule has 0 fully saturated rings. The molecule has 0 radical (unpaired) electrons. The minimum atomic E-state index is -1.03. The van der Waals surface area contributed by atoms with Crippen molar-refractivity contribution in [1.82, 2.24) is 4.98 Å². The van der Waals surface area contributed by atoms with Crippen molar-refractivity contribution in [3.8, 4) is 17.2 Å². The molecule has 1 aliphatic rings. The molecule has 1 N–H and O–H groups in total. The SMILES string of the molecule is COc1cc(/C=C/C(=O)O[C@@H](C)C(=O)Nc2cccnc2Cl)cc2c1OCCO2. The second-order valence-electron chi connectivity index (χ2n) is 5.99. The van der Waals surface area contributed by atoms with Crippen LogP contribution < -0.4 is 19.5 Å². The molecule has 2 heterocycles. The third-order valence-electron chi connectivity index (χ3n) is 3.94. The normalized spacial score (nSPS) is 13.6. The van der Waals surface area contributed by atoms with Gasteiger partial charge in [-0.05, 0) is 42.8 Å². The molecule has 0 saturated carbocycles. The van der Waals surface area contributed by atoms with Crippen molar-refractivity contribution in [3.63, 3.8) is 0 Å². The number of benzene rings is 1. The third kappa shape index (κ3) is 5.17. The summed E-state index contributed by atoms with van der Waals surface area (Å²) in [5, 5.41) is 2.70. The van der Waals surface area contributed by atoms with Crippen molar-refractivity contribution in [2.24, 2.45) is 0 Å². The molecule has 152 valence electrons. The number of halogens is 1. The monoisotopic (exact) mass is 418 g/mol. The van der Waals surface area contributed by atoms with E-state index in [2.05, 4.69) is 10.3 Å². The maximum Gasteiger partial charge on any atom is 0.331 e. The highest BCUT2D eigenvalue weighted by Crippen LogP contribution is 2.40. The molecule has 0 saturated heterocycles. The summed E-state index contributed by atoms with van der Waals surface area (Å²) in [5.41, 5.74) is 0.989. The molecular weight excluding hydrogens is 400 g/mol. The molecule has 1 aliphatic heterocycles. The fourth-order valence-electron chi connectivity index (χ4n) is 2.53. The molecule has 0 unspecified atom stereocenters. The largest absolute Gasteiger partial charge is 0.493 e. The van der Waals surface area contributed by atoms with Crippen LogP contribution in [0.15, 0.2) is 36.5 Å². The number of amides is 1. The van der Waals surface area contributed by atoms with E-state index in [9.17, 15) is 9.59 Å². The van der Waals surface area contributed by atoms with E-state index in [-0.39, 0.29) is 5.15 Å². The van der Waals surface area contributed by atoms with E-state index in [4.69, 9.17) is 30.5 Å². The number of fused-ring (bicyclic) bond motifs is 1. The standard InChI is InChI=1S/C20H19ClN2O6/c1-12(20(25)23-14-4-3-7-22-19(14)21)29-17(24)6-5-13-10-15(26-2)18-16(11-13)27-8-9-28-18/h3-7,10-12H,8-9H2,1-2H3,(H,23,25)/b6-5+/t12-/m0/s1. The highest BCUT2D eigenvalue weighted by atomic mass is 35.5. The van der Waals surface area contributed by atoms with Crippen LogP contribution in [-0.4, -0.2) is 43.3 Å². The van der Waals surface area contributed by atoms with E-state index in [1.54, 1.807) is 24.3 Å². The molecule has 0 aliphatic carbocycles. The van der Waals surface area contributed by atoms with E-state index in [1.165, 1.54) is 32.4 Å². The van der Waals surface area contributed by atoms with Crippen molar-refractivity contribution < 1.29 is 28.5 Å². The highest BCUT2D eigenvalue weighted by Gasteiger charge is 2.19. The van der Waals surface area contributed by atoms with Crippen LogP contribution in [0.1, 0.15) is 12.5 Å². The predicted octanol–water partition coefficient (Wildman–Crippen LogP) is 3.10. The number of pyridine rings is 1. The van der Waals surface area contributed by atoms with Crippen molar-refractivity contribution >= 4 is 35.2 Å². The molecule has 29 heavy (non-hydrogen) atoms. The Morgan fingerprint density at radius 3 is 2.86 bits per heavy atom. The van der Waals surface area contributed by atoms with Crippen LogP contribution in [0.2, 0.25) is 5.15 Å². The number of aromatic nitrogens is 1. The van der Waals surface area contributed by atoms with E-state index in [0.717, 1.165) is 0 Å². The Labute approximate surface area is 172 Å². The molecule has 0 spiro atoms. The van der Waals surface area contributed by atoms with Crippen molar-refractivity contribution in [1.29, 1.82) is 0 Å². The van der Waals surface area contributed by atoms with Gasteiger partial charge >= 0.3 is 5.97 Å². The van der Waals surface area contributed by atoms with Gasteiger partial charge in [0.15, 0.2) is 22.8 Å². The van der Waals surface area contributed by atoms with Crippen molar-refractivity contribution in [2.45, 2.75) is 13.0 Å². The number of hydrogen-bond acceptors (Lipinski definition) is 7. The van der Waals surface area contributed by atoms with Crippen molar-refractivity contribution in [3.05, 3.63) is 47.3 Å². The summed E-state index contributed by atoms with van der Waals surface area (Å²) in [5.74, 6) is 0.347. The maximum absolute atomic E-state index is 12.2. The third-order valence-corrected chi connectivity index (χ3v) is 4.24. The van der Waals surface area contributed by atoms with E-state index in [1.807, 2.05) is 0 Å². The zero-order chi connectivity index (χ0) is 20.8. The van der Waals surface area contributed by atoms with Gasteiger partial charge in [0.25, 0.3) is 5.91 Å². The second kappa shape index (κ2) is 9.29. The maximum atomic E-state index is 12.2. The Hall–Kier alpha value is -3.26. The lowest BCUT2D eigenvalue weighted by Gasteiger charge is -2.20. The van der Waals surface area contributed by atoms with Gasteiger partial charge in [0.2, 0.25) is 5.75 Å². The number of carbonyl (C=O) groups is 2. The summed E-state index contributed by atoms with van der Waals surface area (Å²) in [6.07, 6.45) is 3.22. The molecule has 9 heteroatoms. The first kappa shape index (κ1) is 20.5. The Balaban J connectivity index is 1.62. The zero-order valence-corrected chi connectivity index (χ0v) is 16.6. The first-order chi connectivity index (χ1) is 14.0. The van der Waals surface area contributed by atoms with Crippen LogP contribution in [0, 0.1) is 0 Å². The first-order valence-electron chi connectivity index (χ1n) is 8.75. The minimum Gasteiger partial charge on any atom is -0.493 e. The molecule has 8 nitrogen and oxygen atoms in total. The van der Waals surface area contributed by atoms with Crippen LogP contribution in [0.4, 0.5) is 5.69 Å². The van der Waals surface area contributed by atoms with E-state index < -0.39 is 18.0 Å². The number of methoxy groups -OCH3 is 1. The topological polar surface area (TPSA) is 96.0 Å². The summed E-state index contributed by atoms with van der Waals surface area (Å²) >= 11 is 5.90. The average molecular weight is 419 g/mol. The van der Waals surface area contributed by atoms with Gasteiger partial charge in [-0.15, -0.1) is 0 Å². The summed E-state index contributed by atoms with van der Waals surface area (Å²) in [7, 11) is 1.52. The van der Waals surface area contributed by atoms with Gasteiger partial charge in [-0.1, -0.05) is 11.6 Å². The number of rotatable bonds is 6. The Morgan fingerprint density at radius 2 is 2.10 bits per heavy atom. The molecule has 0 bridgehead atoms. The lowest BCUT2D eigenvalue weighted by molar-refractivity contribution is -0.148. The Morgan fingerprint density at radius 1 is 1.31 bits per heavy atom. The molecule has 1 amide bonds. The highest BCUT2D eigenvalue weighted by molar-refractivity contribution is 6.32. The number of nitrogens with one attached hydrogen (secondary N) is 1. The van der Waals surface area contributed by atoms with E-state index in [0.29, 0.717) is 41.7 Å². The Kier molecular flexibility index (Phi) is 6.56. The van der Waals surface area contributed by atoms with Gasteiger partial charge in [0, 0.05) is 12.3 Å². The summed E-state index contributed by atoms with van der Waals surface area (Å²) in [6, 6.07) is 6.65. The molecule has 2 aromatic rings. The quantitative estimate of drug-likeness (QED) is 0.437. The van der Waals surface area contributed by atoms with Crippen molar-refractivity contribution in [2.75, 3.05) is 25.6 Å². The van der Waals surface area contributed by atoms with Gasteiger partial charge in [-0.3, -0.25) is 4.79 Å². The summed E-state index contributed by atoms with van der Waals surface area (Å²) in [4.78, 5) is 28.1. The Bertz CT molecular complexity index is 929. The van der Waals surface area contributed by atoms with Gasteiger partial charge in [-0.2, -0.15) is 0 Å². The van der Waals surface area contributed by atoms with Crippen LogP contribution in [0.3, 0.4) is 0 Å². The fourth-order valence-corrected chi connectivity index (χ4v) is 2.70. The molecule has 1 atom stereocenters. The molecule has 3 rings (SSSR count). The number of hydrogen-bond donors (Lipinski definition) is 1. The fraction of sp³-hybridized carbons (Fsp3) is 0.250. The summed E-state index contributed by atoms with van der Waals surface area (Å²) in [6.45, 7) is 2.33.